The summed E-state index contributed by atoms with van der Waals surface area (Å²) in [5, 5.41) is 8.11. The number of hydrogen-bond acceptors (Lipinski definition) is 5. The lowest BCUT2D eigenvalue weighted by molar-refractivity contribution is -0.158. The quantitative estimate of drug-likeness (QED) is 0.217. The fourth-order valence-corrected chi connectivity index (χ4v) is 2.68. The molecule has 0 heterocycles. The molecule has 26 heavy (non-hydrogen) atoms. The number of benzene rings is 1. The second-order valence-corrected chi connectivity index (χ2v) is 7.50. The average Bonchev–Trinajstić information content (AvgIpc) is 2.56. The van der Waals surface area contributed by atoms with Crippen LogP contribution in [0.2, 0.25) is 15.1 Å². The Morgan fingerprint density at radius 3 is 2.31 bits per heavy atom. The molecule has 0 amide bonds. The fourth-order valence-electron chi connectivity index (χ4n) is 1.96. The summed E-state index contributed by atoms with van der Waals surface area (Å²) < 4.78 is 9.82. The van der Waals surface area contributed by atoms with Crippen molar-refractivity contribution in [3.8, 4) is 5.75 Å². The molecule has 0 bridgehead atoms. The summed E-state index contributed by atoms with van der Waals surface area (Å²) in [6.45, 7) is 6.38. The highest BCUT2D eigenvalue weighted by molar-refractivity contribution is 6.46. The van der Waals surface area contributed by atoms with Gasteiger partial charge in [-0.1, -0.05) is 62.0 Å². The first-order valence-electron chi connectivity index (χ1n) is 7.80. The Hall–Kier alpha value is -1.50. The molecule has 0 atom stereocenters. The molecule has 0 unspecified atom stereocenters. The van der Waals surface area contributed by atoms with Gasteiger partial charge in [-0.15, -0.1) is 0 Å². The predicted molar refractivity (Wildman–Crippen MR) is 98.3 cm³/mol. The van der Waals surface area contributed by atoms with Gasteiger partial charge in [0.05, 0.1) is 21.7 Å². The first kappa shape index (κ1) is 22.5. The van der Waals surface area contributed by atoms with Crippen molar-refractivity contribution in [2.24, 2.45) is 5.41 Å². The standard InChI is InChI=1S/C17H19Cl3O6/c1-4-17(2,3)6-5-7-25-15(23)11-12(20)9(18)8-10(19)13(11)26-16(24)14(21)22/h8H,4-7H2,1-3H3,(H,21,22). The van der Waals surface area contributed by atoms with Gasteiger partial charge in [0.15, 0.2) is 5.75 Å². The van der Waals surface area contributed by atoms with Crippen molar-refractivity contribution in [1.29, 1.82) is 0 Å². The summed E-state index contributed by atoms with van der Waals surface area (Å²) in [6.07, 6.45) is 2.43. The zero-order chi connectivity index (χ0) is 20.1. The Morgan fingerprint density at radius 1 is 1.15 bits per heavy atom. The molecule has 9 heteroatoms. The monoisotopic (exact) mass is 424 g/mol. The highest BCUT2D eigenvalue weighted by Crippen LogP contribution is 2.40. The van der Waals surface area contributed by atoms with Crippen LogP contribution < -0.4 is 4.74 Å². The third-order valence-corrected chi connectivity index (χ3v) is 4.96. The van der Waals surface area contributed by atoms with Crippen LogP contribution in [0.3, 0.4) is 0 Å². The number of rotatable bonds is 7. The molecule has 0 aliphatic heterocycles. The minimum atomic E-state index is -1.85. The number of ether oxygens (including phenoxy) is 2. The molecule has 0 aliphatic rings. The van der Waals surface area contributed by atoms with Crippen LogP contribution in [0.5, 0.6) is 5.75 Å². The van der Waals surface area contributed by atoms with Gasteiger partial charge >= 0.3 is 17.9 Å². The second-order valence-electron chi connectivity index (χ2n) is 6.31. The molecule has 1 aromatic rings. The molecular formula is C17H19Cl3O6. The van der Waals surface area contributed by atoms with Crippen molar-refractivity contribution in [2.75, 3.05) is 6.61 Å². The molecule has 144 valence electrons. The first-order chi connectivity index (χ1) is 12.0. The summed E-state index contributed by atoms with van der Waals surface area (Å²) in [5.74, 6) is -4.90. The van der Waals surface area contributed by atoms with Crippen LogP contribution in [-0.4, -0.2) is 29.6 Å². The molecule has 1 rings (SSSR count). The van der Waals surface area contributed by atoms with E-state index in [9.17, 15) is 14.4 Å². The summed E-state index contributed by atoms with van der Waals surface area (Å²) >= 11 is 17.8. The van der Waals surface area contributed by atoms with Crippen molar-refractivity contribution >= 4 is 52.7 Å². The number of carboxylic acids is 1. The van der Waals surface area contributed by atoms with E-state index in [0.29, 0.717) is 6.42 Å². The van der Waals surface area contributed by atoms with Crippen molar-refractivity contribution in [3.63, 3.8) is 0 Å². The fraction of sp³-hybridized carbons (Fsp3) is 0.471. The Bertz CT molecular complexity index is 715. The summed E-state index contributed by atoms with van der Waals surface area (Å²) in [7, 11) is 0. The maximum absolute atomic E-state index is 12.4. The minimum Gasteiger partial charge on any atom is -0.473 e. The van der Waals surface area contributed by atoms with Gasteiger partial charge in [-0.2, -0.15) is 0 Å². The molecular weight excluding hydrogens is 407 g/mol. The Labute approximate surface area is 166 Å². The third kappa shape index (κ3) is 6.04. The van der Waals surface area contributed by atoms with Crippen LogP contribution in [-0.2, 0) is 14.3 Å². The van der Waals surface area contributed by atoms with E-state index in [-0.39, 0.29) is 27.1 Å². The number of carbonyl (C=O) groups excluding carboxylic acids is 2. The SMILES string of the molecule is CCC(C)(C)CCCOC(=O)c1c(Cl)c(Cl)cc(Cl)c1OC(=O)C(=O)O. The molecule has 0 aromatic heterocycles. The van der Waals surface area contributed by atoms with E-state index in [1.165, 1.54) is 0 Å². The molecule has 0 radical (unpaired) electrons. The normalized spacial score (nSPS) is 11.2. The largest absolute Gasteiger partial charge is 0.473 e. The lowest BCUT2D eigenvalue weighted by Crippen LogP contribution is -2.21. The Balaban J connectivity index is 3.00. The van der Waals surface area contributed by atoms with Crippen LogP contribution >= 0.6 is 34.8 Å². The van der Waals surface area contributed by atoms with E-state index in [1.807, 2.05) is 0 Å². The van der Waals surface area contributed by atoms with Gasteiger partial charge in [-0.25, -0.2) is 14.4 Å². The smallest absolute Gasteiger partial charge is 0.422 e. The number of carboxylic acid groups (broad SMARTS) is 1. The first-order valence-corrected chi connectivity index (χ1v) is 8.93. The third-order valence-electron chi connectivity index (χ3n) is 3.89. The summed E-state index contributed by atoms with van der Waals surface area (Å²) in [4.78, 5) is 34.4. The zero-order valence-electron chi connectivity index (χ0n) is 14.5. The lowest BCUT2D eigenvalue weighted by atomic mass is 9.85. The van der Waals surface area contributed by atoms with Gasteiger partial charge in [0.1, 0.15) is 5.56 Å². The van der Waals surface area contributed by atoms with E-state index in [2.05, 4.69) is 25.5 Å². The minimum absolute atomic E-state index is 0.0640. The van der Waals surface area contributed by atoms with Gasteiger partial charge in [0.2, 0.25) is 0 Å². The summed E-state index contributed by atoms with van der Waals surface area (Å²) in [6, 6.07) is 1.14. The maximum atomic E-state index is 12.4. The number of carbonyl (C=O) groups is 3. The van der Waals surface area contributed by atoms with E-state index in [4.69, 9.17) is 44.6 Å². The zero-order valence-corrected chi connectivity index (χ0v) is 16.8. The van der Waals surface area contributed by atoms with E-state index in [0.717, 1.165) is 18.9 Å². The molecule has 0 saturated carbocycles. The van der Waals surface area contributed by atoms with E-state index < -0.39 is 29.2 Å². The van der Waals surface area contributed by atoms with E-state index in [1.54, 1.807) is 0 Å². The van der Waals surface area contributed by atoms with Crippen LogP contribution in [0.25, 0.3) is 0 Å². The van der Waals surface area contributed by atoms with Crippen molar-refractivity contribution in [1.82, 2.24) is 0 Å². The van der Waals surface area contributed by atoms with Crippen molar-refractivity contribution in [3.05, 3.63) is 26.7 Å². The van der Waals surface area contributed by atoms with Crippen LogP contribution in [0.1, 0.15) is 50.4 Å². The molecule has 1 N–H and O–H groups in total. The van der Waals surface area contributed by atoms with Gasteiger partial charge in [-0.3, -0.25) is 0 Å². The van der Waals surface area contributed by atoms with Crippen molar-refractivity contribution in [2.45, 2.75) is 40.0 Å². The maximum Gasteiger partial charge on any atom is 0.422 e. The van der Waals surface area contributed by atoms with Crippen LogP contribution in [0.4, 0.5) is 0 Å². The van der Waals surface area contributed by atoms with Crippen LogP contribution in [0.15, 0.2) is 6.07 Å². The van der Waals surface area contributed by atoms with Gasteiger partial charge in [-0.05, 0) is 24.3 Å². The van der Waals surface area contributed by atoms with Gasteiger partial charge in [0.25, 0.3) is 0 Å². The lowest BCUT2D eigenvalue weighted by Gasteiger charge is -2.22. The highest BCUT2D eigenvalue weighted by atomic mass is 35.5. The molecule has 6 nitrogen and oxygen atoms in total. The average molecular weight is 426 g/mol. The number of hydrogen-bond donors (Lipinski definition) is 1. The van der Waals surface area contributed by atoms with Crippen LogP contribution in [0, 0.1) is 5.41 Å². The van der Waals surface area contributed by atoms with Gasteiger partial charge < -0.3 is 14.6 Å². The summed E-state index contributed by atoms with van der Waals surface area (Å²) in [5.41, 5.74) is -0.278. The second kappa shape index (κ2) is 9.44. The molecule has 0 saturated heterocycles. The molecule has 0 spiro atoms. The number of aliphatic carboxylic acids is 1. The highest BCUT2D eigenvalue weighted by Gasteiger charge is 2.28. The predicted octanol–water partition coefficient (Wildman–Crippen LogP) is 5.01. The van der Waals surface area contributed by atoms with Gasteiger partial charge in [0, 0.05) is 0 Å². The van der Waals surface area contributed by atoms with Crippen molar-refractivity contribution < 1.29 is 29.0 Å². The molecule has 0 aliphatic carbocycles. The molecule has 1 aromatic carbocycles. The molecule has 0 fully saturated rings. The number of halogens is 3. The number of esters is 2. The Kier molecular flexibility index (Phi) is 8.18. The van der Waals surface area contributed by atoms with E-state index >= 15 is 0 Å². The topological polar surface area (TPSA) is 89.9 Å². The Morgan fingerprint density at radius 2 is 1.77 bits per heavy atom.